The third kappa shape index (κ3) is 4.18. The molecule has 1 aliphatic heterocycles. The van der Waals surface area contributed by atoms with E-state index in [4.69, 9.17) is 11.6 Å². The monoisotopic (exact) mass is 420 g/mol. The van der Waals surface area contributed by atoms with Gasteiger partial charge < -0.3 is 5.32 Å². The van der Waals surface area contributed by atoms with Crippen LogP contribution in [0.25, 0.3) is 0 Å². The molecule has 0 aliphatic carbocycles. The zero-order chi connectivity index (χ0) is 20.5. The van der Waals surface area contributed by atoms with Crippen molar-refractivity contribution in [2.24, 2.45) is 5.41 Å². The molecule has 0 aromatic heterocycles. The Balaban J connectivity index is 1.81. The second kappa shape index (κ2) is 8.13. The van der Waals surface area contributed by atoms with Gasteiger partial charge >= 0.3 is 0 Å². The predicted octanol–water partition coefficient (Wildman–Crippen LogP) is 5.12. The second-order valence-electron chi connectivity index (χ2n) is 7.45. The van der Waals surface area contributed by atoms with Gasteiger partial charge in [0.2, 0.25) is 11.8 Å². The predicted molar refractivity (Wildman–Crippen MR) is 113 cm³/mol. The summed E-state index contributed by atoms with van der Waals surface area (Å²) >= 11 is 7.34. The summed E-state index contributed by atoms with van der Waals surface area (Å²) in [7, 11) is 0. The molecule has 1 atom stereocenters. The van der Waals surface area contributed by atoms with E-state index >= 15 is 0 Å². The summed E-state index contributed by atoms with van der Waals surface area (Å²) in [4.78, 5) is 26.3. The number of aryl methyl sites for hydroxylation is 1. The highest BCUT2D eigenvalue weighted by Gasteiger charge is 2.34. The number of nitrogens with one attached hydrogen (secondary N) is 1. The van der Waals surface area contributed by atoms with Crippen LogP contribution in [-0.2, 0) is 9.59 Å². The highest BCUT2D eigenvalue weighted by molar-refractivity contribution is 8.00. The van der Waals surface area contributed by atoms with Crippen LogP contribution in [0.15, 0.2) is 42.5 Å². The number of anilines is 2. The van der Waals surface area contributed by atoms with E-state index < -0.39 is 5.41 Å². The molecule has 1 unspecified atom stereocenters. The molecule has 0 saturated carbocycles. The number of thioether (sulfide) groups is 1. The molecule has 1 fully saturated rings. The molecule has 28 heavy (non-hydrogen) atoms. The Kier molecular flexibility index (Phi) is 6.01. The van der Waals surface area contributed by atoms with Crippen LogP contribution in [0, 0.1) is 18.2 Å². The van der Waals surface area contributed by atoms with E-state index in [1.165, 1.54) is 17.8 Å². The lowest BCUT2D eigenvalue weighted by Gasteiger charge is -2.25. The number of amides is 2. The maximum atomic E-state index is 14.0. The second-order valence-corrected chi connectivity index (χ2v) is 8.79. The van der Waals surface area contributed by atoms with Crippen molar-refractivity contribution in [1.29, 1.82) is 0 Å². The van der Waals surface area contributed by atoms with Crippen LogP contribution >= 0.6 is 23.4 Å². The summed E-state index contributed by atoms with van der Waals surface area (Å²) in [6.45, 7) is 5.25. The molecule has 0 spiro atoms. The van der Waals surface area contributed by atoms with Gasteiger partial charge in [-0.15, -0.1) is 23.4 Å². The molecule has 7 heteroatoms. The summed E-state index contributed by atoms with van der Waals surface area (Å²) in [5.41, 5.74) is 1.99. The largest absolute Gasteiger partial charge is 0.326 e. The molecular weight excluding hydrogens is 399 g/mol. The van der Waals surface area contributed by atoms with Crippen LogP contribution in [0.1, 0.15) is 30.3 Å². The van der Waals surface area contributed by atoms with Crippen LogP contribution in [-0.4, -0.2) is 23.4 Å². The van der Waals surface area contributed by atoms with E-state index in [2.05, 4.69) is 5.32 Å². The highest BCUT2D eigenvalue weighted by atomic mass is 35.5. The fraction of sp³-hybridized carbons (Fsp3) is 0.333. The van der Waals surface area contributed by atoms with Gasteiger partial charge in [0.05, 0.1) is 11.2 Å². The number of benzene rings is 2. The van der Waals surface area contributed by atoms with Crippen molar-refractivity contribution in [3.8, 4) is 0 Å². The van der Waals surface area contributed by atoms with E-state index in [9.17, 15) is 14.0 Å². The maximum Gasteiger partial charge on any atom is 0.238 e. The Bertz CT molecular complexity index is 902. The molecule has 2 amide bonds. The summed E-state index contributed by atoms with van der Waals surface area (Å²) in [5, 5.41) is 2.62. The number of carbonyl (C=O) groups excluding carboxylic acids is 2. The smallest absolute Gasteiger partial charge is 0.238 e. The molecule has 1 heterocycles. The minimum atomic E-state index is -0.666. The van der Waals surface area contributed by atoms with E-state index in [-0.39, 0.29) is 28.9 Å². The minimum Gasteiger partial charge on any atom is -0.326 e. The normalized spacial score (nSPS) is 17.1. The first-order valence-electron chi connectivity index (χ1n) is 8.90. The lowest BCUT2D eigenvalue weighted by molar-refractivity contribution is -0.123. The lowest BCUT2D eigenvalue weighted by atomic mass is 9.95. The summed E-state index contributed by atoms with van der Waals surface area (Å²) in [6, 6.07) is 12.2. The molecular formula is C21H22ClFN2O2S. The van der Waals surface area contributed by atoms with Gasteiger partial charge in [-0.2, -0.15) is 0 Å². The minimum absolute atomic E-state index is 0.0560. The number of carbonyl (C=O) groups is 2. The third-order valence-electron chi connectivity index (χ3n) is 4.70. The number of alkyl halides is 1. The topological polar surface area (TPSA) is 49.4 Å². The fourth-order valence-electron chi connectivity index (χ4n) is 2.77. The van der Waals surface area contributed by atoms with E-state index in [1.54, 1.807) is 49.9 Å². The van der Waals surface area contributed by atoms with Crippen molar-refractivity contribution in [2.75, 3.05) is 21.8 Å². The Hall–Kier alpha value is -2.05. The number of hydrogen-bond donors (Lipinski definition) is 1. The molecule has 1 N–H and O–H groups in total. The van der Waals surface area contributed by atoms with Crippen LogP contribution in [0.4, 0.5) is 15.8 Å². The van der Waals surface area contributed by atoms with Crippen molar-refractivity contribution < 1.29 is 14.0 Å². The van der Waals surface area contributed by atoms with Gasteiger partial charge in [0.25, 0.3) is 0 Å². The molecule has 4 nitrogen and oxygen atoms in total. The first-order chi connectivity index (χ1) is 13.2. The molecule has 3 rings (SSSR count). The summed E-state index contributed by atoms with van der Waals surface area (Å²) in [5.74, 6) is 0.0142. The van der Waals surface area contributed by atoms with Crippen molar-refractivity contribution >= 4 is 46.6 Å². The van der Waals surface area contributed by atoms with E-state index in [0.717, 1.165) is 5.56 Å². The first kappa shape index (κ1) is 20.7. The van der Waals surface area contributed by atoms with Crippen molar-refractivity contribution in [2.45, 2.75) is 26.1 Å². The zero-order valence-corrected chi connectivity index (χ0v) is 17.5. The Morgan fingerprint density at radius 2 is 1.96 bits per heavy atom. The molecule has 148 valence electrons. The van der Waals surface area contributed by atoms with Crippen molar-refractivity contribution in [3.05, 3.63) is 59.4 Å². The Morgan fingerprint density at radius 3 is 2.57 bits per heavy atom. The van der Waals surface area contributed by atoms with Crippen LogP contribution in [0.5, 0.6) is 0 Å². The number of nitrogens with zero attached hydrogens (tertiary/aromatic N) is 1. The number of rotatable bonds is 5. The molecule has 2 aromatic carbocycles. The van der Waals surface area contributed by atoms with Crippen molar-refractivity contribution in [1.82, 2.24) is 0 Å². The van der Waals surface area contributed by atoms with Gasteiger partial charge in [-0.1, -0.05) is 18.2 Å². The zero-order valence-electron chi connectivity index (χ0n) is 16.0. The van der Waals surface area contributed by atoms with Crippen molar-refractivity contribution in [3.63, 3.8) is 0 Å². The SMILES string of the molecule is Cc1ccc(N2C(=O)CSC2c2ccc(NC(=O)C(C)(C)CCl)cc2)cc1F. The molecule has 1 saturated heterocycles. The number of hydrogen-bond acceptors (Lipinski definition) is 3. The van der Waals surface area contributed by atoms with Gasteiger partial charge in [-0.25, -0.2) is 4.39 Å². The average Bonchev–Trinajstić information content (AvgIpc) is 3.06. The van der Waals surface area contributed by atoms with E-state index in [1.807, 2.05) is 12.1 Å². The summed E-state index contributed by atoms with van der Waals surface area (Å²) in [6.07, 6.45) is 0. The number of halogens is 2. The first-order valence-corrected chi connectivity index (χ1v) is 10.5. The highest BCUT2D eigenvalue weighted by Crippen LogP contribution is 2.42. The average molecular weight is 421 g/mol. The summed E-state index contributed by atoms with van der Waals surface area (Å²) < 4.78 is 14.0. The standard InChI is InChI=1S/C21H22ClFN2O2S/c1-13-4-9-16(10-17(13)23)25-18(26)11-28-19(25)14-5-7-15(8-6-14)24-20(27)21(2,3)12-22/h4-10,19H,11-12H2,1-3H3,(H,24,27). The van der Waals surface area contributed by atoms with Gasteiger partial charge in [0, 0.05) is 17.3 Å². The van der Waals surface area contributed by atoms with Gasteiger partial charge in [0.15, 0.2) is 0 Å². The third-order valence-corrected chi connectivity index (χ3v) is 6.58. The molecule has 1 aliphatic rings. The van der Waals surface area contributed by atoms with Gasteiger partial charge in [-0.3, -0.25) is 14.5 Å². The molecule has 2 aromatic rings. The van der Waals surface area contributed by atoms with Crippen LogP contribution in [0.3, 0.4) is 0 Å². The van der Waals surface area contributed by atoms with Gasteiger partial charge in [0.1, 0.15) is 11.2 Å². The van der Waals surface area contributed by atoms with Gasteiger partial charge in [-0.05, 0) is 56.2 Å². The fourth-order valence-corrected chi connectivity index (χ4v) is 4.07. The molecule has 0 bridgehead atoms. The van der Waals surface area contributed by atoms with Crippen LogP contribution < -0.4 is 10.2 Å². The lowest BCUT2D eigenvalue weighted by Crippen LogP contribution is -2.32. The van der Waals surface area contributed by atoms with E-state index in [0.29, 0.717) is 22.7 Å². The van der Waals surface area contributed by atoms with Crippen LogP contribution in [0.2, 0.25) is 0 Å². The Labute approximate surface area is 173 Å². The molecule has 0 radical (unpaired) electrons. The quantitative estimate of drug-likeness (QED) is 0.683. The maximum absolute atomic E-state index is 14.0. The Morgan fingerprint density at radius 1 is 1.29 bits per heavy atom.